The molecule has 0 atom stereocenters. The van der Waals surface area contributed by atoms with Crippen molar-refractivity contribution in [1.29, 1.82) is 0 Å². The molecule has 0 aromatic heterocycles. The van der Waals surface area contributed by atoms with Crippen LogP contribution in [0.15, 0.2) is 23.1 Å². The predicted molar refractivity (Wildman–Crippen MR) is 69.9 cm³/mol. The molecule has 1 rings (SSSR count). The molecule has 110 valence electrons. The maximum atomic E-state index is 12.3. The molecule has 0 amide bonds. The van der Waals surface area contributed by atoms with E-state index >= 15 is 0 Å². The summed E-state index contributed by atoms with van der Waals surface area (Å²) in [6, 6.07) is 3.30. The molecule has 0 bridgehead atoms. The van der Waals surface area contributed by atoms with Crippen LogP contribution < -0.4 is 5.32 Å². The first-order chi connectivity index (χ1) is 8.70. The van der Waals surface area contributed by atoms with E-state index in [2.05, 4.69) is 5.32 Å². The molecule has 19 heavy (non-hydrogen) atoms. The maximum Gasteiger partial charge on any atom is 0.501 e. The van der Waals surface area contributed by atoms with Crippen LogP contribution in [0, 0.1) is 6.92 Å². The minimum atomic E-state index is -5.26. The zero-order valence-corrected chi connectivity index (χ0v) is 12.1. The van der Waals surface area contributed by atoms with Gasteiger partial charge in [0.05, 0.1) is 4.90 Å². The van der Waals surface area contributed by atoms with E-state index in [1.54, 1.807) is 6.92 Å². The monoisotopic (exact) mass is 297 g/mol. The number of sulfone groups is 1. The van der Waals surface area contributed by atoms with Gasteiger partial charge in [0.25, 0.3) is 9.84 Å². The average molecular weight is 297 g/mol. The van der Waals surface area contributed by atoms with Gasteiger partial charge in [0, 0.05) is 12.2 Å². The van der Waals surface area contributed by atoms with Gasteiger partial charge in [0.15, 0.2) is 0 Å². The van der Waals surface area contributed by atoms with Gasteiger partial charge in [-0.1, -0.05) is 13.8 Å². The summed E-state index contributed by atoms with van der Waals surface area (Å²) in [7, 11) is -5.26. The van der Waals surface area contributed by atoms with E-state index in [4.69, 9.17) is 0 Å². The van der Waals surface area contributed by atoms with Crippen LogP contribution in [0.4, 0.5) is 18.9 Å². The van der Waals surface area contributed by atoms with Gasteiger partial charge in [-0.25, -0.2) is 8.42 Å². The summed E-state index contributed by atoms with van der Waals surface area (Å²) in [5.74, 6) is 0. The molecule has 0 saturated heterocycles. The van der Waals surface area contributed by atoms with E-state index in [-0.39, 0.29) is 0 Å². The molecular weight excluding hydrogens is 279 g/mol. The number of hydrogen-bond donors (Lipinski definition) is 1. The van der Waals surface area contributed by atoms with Crippen molar-refractivity contribution in [1.82, 2.24) is 0 Å². The van der Waals surface area contributed by atoms with Crippen LogP contribution in [0.1, 0.15) is 26.3 Å². The highest BCUT2D eigenvalue weighted by molar-refractivity contribution is 7.92. The molecule has 0 unspecified atom stereocenters. The van der Waals surface area contributed by atoms with Gasteiger partial charge >= 0.3 is 5.51 Å². The summed E-state index contributed by atoms with van der Waals surface area (Å²) in [6.07, 6.45) is 0. The fourth-order valence-electron chi connectivity index (χ4n) is 1.33. The highest BCUT2D eigenvalue weighted by atomic mass is 32.2. The number of rotatable bonds is 3. The summed E-state index contributed by atoms with van der Waals surface area (Å²) in [5, 5.41) is 2.92. The summed E-state index contributed by atoms with van der Waals surface area (Å²) >= 11 is 0. The Morgan fingerprint density at radius 2 is 1.74 bits per heavy atom. The number of anilines is 1. The predicted octanol–water partition coefficient (Wildman–Crippen LogP) is 3.75. The Hall–Kier alpha value is -1.24. The number of alkyl halides is 3. The van der Waals surface area contributed by atoms with E-state index < -0.39 is 20.2 Å². The van der Waals surface area contributed by atoms with Gasteiger partial charge in [-0.3, -0.25) is 0 Å². The quantitative estimate of drug-likeness (QED) is 0.924. The Balaban J connectivity index is 0.00000154. The van der Waals surface area contributed by atoms with Crippen LogP contribution in [-0.4, -0.2) is 20.5 Å². The van der Waals surface area contributed by atoms with E-state index in [0.717, 1.165) is 12.1 Å². The molecule has 0 spiro atoms. The third-order valence-corrected chi connectivity index (χ3v) is 3.66. The number of aryl methyl sites for hydroxylation is 1. The number of hydrogen-bond acceptors (Lipinski definition) is 3. The Kier molecular flexibility index (Phi) is 6.35. The van der Waals surface area contributed by atoms with E-state index in [1.807, 2.05) is 20.8 Å². The lowest BCUT2D eigenvalue weighted by atomic mass is 10.2. The van der Waals surface area contributed by atoms with Crippen LogP contribution in [0.3, 0.4) is 0 Å². The zero-order valence-electron chi connectivity index (χ0n) is 11.3. The minimum Gasteiger partial charge on any atom is -0.385 e. The van der Waals surface area contributed by atoms with Gasteiger partial charge in [0.1, 0.15) is 0 Å². The second-order valence-corrected chi connectivity index (χ2v) is 5.40. The van der Waals surface area contributed by atoms with Crippen LogP contribution in [-0.2, 0) is 9.84 Å². The summed E-state index contributed by atoms with van der Waals surface area (Å²) in [6.45, 7) is 7.99. The fraction of sp³-hybridized carbons (Fsp3) is 0.500. The van der Waals surface area contributed by atoms with Crippen molar-refractivity contribution >= 4 is 15.5 Å². The second-order valence-electron chi connectivity index (χ2n) is 3.46. The Morgan fingerprint density at radius 1 is 1.21 bits per heavy atom. The molecule has 0 saturated carbocycles. The van der Waals surface area contributed by atoms with Crippen molar-refractivity contribution in [2.45, 2.75) is 38.1 Å². The van der Waals surface area contributed by atoms with E-state index in [9.17, 15) is 21.6 Å². The van der Waals surface area contributed by atoms with Crippen molar-refractivity contribution in [3.63, 3.8) is 0 Å². The summed E-state index contributed by atoms with van der Waals surface area (Å²) in [4.78, 5) is -0.732. The van der Waals surface area contributed by atoms with Gasteiger partial charge < -0.3 is 5.32 Å². The van der Waals surface area contributed by atoms with Crippen molar-refractivity contribution < 1.29 is 21.6 Å². The van der Waals surface area contributed by atoms with Crippen LogP contribution >= 0.6 is 0 Å². The second kappa shape index (κ2) is 6.79. The first-order valence-electron chi connectivity index (χ1n) is 5.86. The number of nitrogens with one attached hydrogen (secondary N) is 1. The first-order valence-corrected chi connectivity index (χ1v) is 7.34. The Labute approximate surface area is 111 Å². The number of halogens is 3. The van der Waals surface area contributed by atoms with E-state index in [1.165, 1.54) is 6.07 Å². The Bertz CT molecular complexity index is 510. The van der Waals surface area contributed by atoms with Crippen molar-refractivity contribution in [2.24, 2.45) is 0 Å². The zero-order chi connectivity index (χ0) is 15.3. The molecule has 0 aliphatic carbocycles. The topological polar surface area (TPSA) is 46.2 Å². The third-order valence-electron chi connectivity index (χ3n) is 2.18. The van der Waals surface area contributed by atoms with Gasteiger partial charge in [0.2, 0.25) is 0 Å². The molecule has 1 aromatic carbocycles. The summed E-state index contributed by atoms with van der Waals surface area (Å²) < 4.78 is 59.1. The van der Waals surface area contributed by atoms with Gasteiger partial charge in [-0.05, 0) is 37.6 Å². The molecule has 1 aromatic rings. The largest absolute Gasteiger partial charge is 0.501 e. The molecule has 0 radical (unpaired) electrons. The molecule has 0 aliphatic rings. The lowest BCUT2D eigenvalue weighted by Gasteiger charge is -2.11. The summed E-state index contributed by atoms with van der Waals surface area (Å²) in [5.41, 5.74) is -4.19. The smallest absolute Gasteiger partial charge is 0.385 e. The lowest BCUT2D eigenvalue weighted by molar-refractivity contribution is -0.0436. The van der Waals surface area contributed by atoms with E-state index in [0.29, 0.717) is 17.8 Å². The highest BCUT2D eigenvalue weighted by Gasteiger charge is 2.46. The lowest BCUT2D eigenvalue weighted by Crippen LogP contribution is -2.23. The highest BCUT2D eigenvalue weighted by Crippen LogP contribution is 2.31. The van der Waals surface area contributed by atoms with Crippen LogP contribution in [0.5, 0.6) is 0 Å². The third kappa shape index (κ3) is 4.12. The molecule has 0 aliphatic heterocycles. The first kappa shape index (κ1) is 17.8. The van der Waals surface area contributed by atoms with Gasteiger partial charge in [-0.2, -0.15) is 13.2 Å². The average Bonchev–Trinajstić information content (AvgIpc) is 2.33. The molecule has 7 heteroatoms. The standard InChI is InChI=1S/C10H12F3NO2S.C2H6/c1-3-14-9-5-4-8(6-7(9)2)17(15,16)10(11,12)13;1-2/h4-6,14H,3H2,1-2H3;1-2H3. The van der Waals surface area contributed by atoms with Crippen LogP contribution in [0.25, 0.3) is 0 Å². The van der Waals surface area contributed by atoms with Crippen molar-refractivity contribution in [2.75, 3.05) is 11.9 Å². The fourth-order valence-corrected chi connectivity index (χ4v) is 2.17. The van der Waals surface area contributed by atoms with Crippen LogP contribution in [0.2, 0.25) is 0 Å². The maximum absolute atomic E-state index is 12.3. The normalized spacial score (nSPS) is 11.5. The van der Waals surface area contributed by atoms with Crippen molar-refractivity contribution in [3.8, 4) is 0 Å². The minimum absolute atomic E-state index is 0.456. The molecule has 0 fully saturated rings. The molecular formula is C12H18F3NO2S. The Morgan fingerprint density at radius 3 is 2.11 bits per heavy atom. The molecule has 3 nitrogen and oxygen atoms in total. The molecule has 0 heterocycles. The SMILES string of the molecule is CC.CCNc1ccc(S(=O)(=O)C(F)(F)F)cc1C. The number of benzene rings is 1. The molecule has 1 N–H and O–H groups in total. The van der Waals surface area contributed by atoms with Gasteiger partial charge in [-0.15, -0.1) is 0 Å². The van der Waals surface area contributed by atoms with Crippen molar-refractivity contribution in [3.05, 3.63) is 23.8 Å².